The largest absolute Gasteiger partial charge is 0.497 e. The molecule has 190 valence electrons. The molecule has 1 heterocycles. The average Bonchev–Trinajstić information content (AvgIpc) is 2.87. The van der Waals surface area contributed by atoms with Gasteiger partial charge in [0.25, 0.3) is 10.0 Å². The Morgan fingerprint density at radius 1 is 1.08 bits per heavy atom. The van der Waals surface area contributed by atoms with Crippen LogP contribution in [-0.2, 0) is 21.2 Å². The summed E-state index contributed by atoms with van der Waals surface area (Å²) in [7, 11) is -2.41. The van der Waals surface area contributed by atoms with E-state index >= 15 is 0 Å². The number of ether oxygens (including phenoxy) is 2. The minimum absolute atomic E-state index is 0.131. The Bertz CT molecular complexity index is 1340. The molecule has 1 N–H and O–H groups in total. The Morgan fingerprint density at radius 3 is 2.47 bits per heavy atom. The molecule has 1 aliphatic rings. The quantitative estimate of drug-likeness (QED) is 0.469. The van der Waals surface area contributed by atoms with Crippen molar-refractivity contribution in [3.8, 4) is 11.5 Å². The number of para-hydroxylation sites is 1. The molecular weight excluding hydrogens is 476 g/mol. The highest BCUT2D eigenvalue weighted by Gasteiger charge is 2.36. The standard InChI is InChI=1S/C28H32N2O5S/c1-5-20-11-9-10-14-25(20)30(36(32,33)22-12-7-6-8-13-22)19-27(31)29-24-18-28(2,3)35-26-16-15-21(34-4)17-23(24)26/h6-17,24H,5,18-19H2,1-4H3,(H,29,31). The van der Waals surface area contributed by atoms with Crippen LogP contribution in [-0.4, -0.2) is 33.6 Å². The maximum Gasteiger partial charge on any atom is 0.264 e. The number of fused-ring (bicyclic) bond motifs is 1. The van der Waals surface area contributed by atoms with Crippen molar-refractivity contribution in [3.63, 3.8) is 0 Å². The van der Waals surface area contributed by atoms with Crippen LogP contribution in [0.1, 0.15) is 44.4 Å². The summed E-state index contributed by atoms with van der Waals surface area (Å²) < 4.78 is 40.1. The van der Waals surface area contributed by atoms with Crippen LogP contribution < -0.4 is 19.1 Å². The zero-order chi connectivity index (χ0) is 25.9. The number of carbonyl (C=O) groups excluding carboxylic acids is 1. The highest BCUT2D eigenvalue weighted by molar-refractivity contribution is 7.92. The zero-order valence-electron chi connectivity index (χ0n) is 21.0. The first-order valence-electron chi connectivity index (χ1n) is 12.0. The van der Waals surface area contributed by atoms with E-state index in [0.717, 1.165) is 11.1 Å². The van der Waals surface area contributed by atoms with E-state index in [9.17, 15) is 13.2 Å². The molecule has 0 bridgehead atoms. The van der Waals surface area contributed by atoms with Crippen molar-refractivity contribution in [2.75, 3.05) is 18.0 Å². The number of amides is 1. The molecule has 0 fully saturated rings. The normalized spacial score (nSPS) is 16.4. The van der Waals surface area contributed by atoms with Crippen LogP contribution in [0, 0.1) is 0 Å². The predicted octanol–water partition coefficient (Wildman–Crippen LogP) is 4.87. The summed E-state index contributed by atoms with van der Waals surface area (Å²) in [6, 6.07) is 20.6. The van der Waals surface area contributed by atoms with Gasteiger partial charge in [0, 0.05) is 12.0 Å². The third-order valence-electron chi connectivity index (χ3n) is 6.27. The fraction of sp³-hybridized carbons (Fsp3) is 0.321. The molecule has 0 saturated heterocycles. The minimum Gasteiger partial charge on any atom is -0.497 e. The lowest BCUT2D eigenvalue weighted by molar-refractivity contribution is -0.120. The summed E-state index contributed by atoms with van der Waals surface area (Å²) in [5.74, 6) is 0.917. The van der Waals surface area contributed by atoms with Crippen molar-refractivity contribution in [2.45, 2.75) is 50.2 Å². The zero-order valence-corrected chi connectivity index (χ0v) is 21.8. The van der Waals surface area contributed by atoms with Gasteiger partial charge in [-0.15, -0.1) is 0 Å². The lowest BCUT2D eigenvalue weighted by atomic mass is 9.89. The number of methoxy groups -OCH3 is 1. The molecule has 3 aromatic rings. The lowest BCUT2D eigenvalue weighted by Crippen LogP contribution is -2.45. The molecule has 36 heavy (non-hydrogen) atoms. The van der Waals surface area contributed by atoms with Crippen LogP contribution in [0.2, 0.25) is 0 Å². The van der Waals surface area contributed by atoms with Crippen LogP contribution in [0.15, 0.2) is 77.7 Å². The van der Waals surface area contributed by atoms with E-state index in [4.69, 9.17) is 9.47 Å². The van der Waals surface area contributed by atoms with E-state index < -0.39 is 21.5 Å². The van der Waals surface area contributed by atoms with Gasteiger partial charge in [0.15, 0.2) is 0 Å². The van der Waals surface area contributed by atoms with E-state index in [0.29, 0.717) is 30.0 Å². The molecule has 1 atom stereocenters. The topological polar surface area (TPSA) is 84.9 Å². The fourth-order valence-corrected chi connectivity index (χ4v) is 6.01. The second-order valence-corrected chi connectivity index (χ2v) is 11.3. The van der Waals surface area contributed by atoms with Crippen LogP contribution in [0.25, 0.3) is 0 Å². The van der Waals surface area contributed by atoms with Gasteiger partial charge in [-0.05, 0) is 62.2 Å². The third kappa shape index (κ3) is 5.33. The molecule has 7 nitrogen and oxygen atoms in total. The number of nitrogens with one attached hydrogen (secondary N) is 1. The number of aryl methyl sites for hydroxylation is 1. The first-order valence-corrected chi connectivity index (χ1v) is 13.4. The molecule has 0 radical (unpaired) electrons. The second kappa shape index (κ2) is 10.2. The Kier molecular flexibility index (Phi) is 7.26. The van der Waals surface area contributed by atoms with Gasteiger partial charge in [0.1, 0.15) is 23.6 Å². The van der Waals surface area contributed by atoms with E-state index in [-0.39, 0.29) is 17.5 Å². The van der Waals surface area contributed by atoms with Crippen molar-refractivity contribution in [1.29, 1.82) is 0 Å². The maximum atomic E-state index is 13.7. The van der Waals surface area contributed by atoms with Crippen molar-refractivity contribution < 1.29 is 22.7 Å². The molecular formula is C28H32N2O5S. The van der Waals surface area contributed by atoms with Gasteiger partial charge in [0.2, 0.25) is 5.91 Å². The van der Waals surface area contributed by atoms with Crippen LogP contribution >= 0.6 is 0 Å². The molecule has 0 aliphatic carbocycles. The van der Waals surface area contributed by atoms with E-state index in [2.05, 4.69) is 5.32 Å². The second-order valence-electron chi connectivity index (χ2n) is 9.40. The Morgan fingerprint density at radius 2 is 1.78 bits per heavy atom. The van der Waals surface area contributed by atoms with Gasteiger partial charge in [0.05, 0.1) is 23.7 Å². The van der Waals surface area contributed by atoms with Crippen LogP contribution in [0.5, 0.6) is 11.5 Å². The molecule has 0 aromatic heterocycles. The number of carbonyl (C=O) groups is 1. The fourth-order valence-electron chi connectivity index (χ4n) is 4.53. The van der Waals surface area contributed by atoms with E-state index in [1.54, 1.807) is 37.4 Å². The molecule has 0 saturated carbocycles. The number of hydrogen-bond acceptors (Lipinski definition) is 5. The van der Waals surface area contributed by atoms with Gasteiger partial charge in [-0.2, -0.15) is 0 Å². The smallest absolute Gasteiger partial charge is 0.264 e. The number of anilines is 1. The minimum atomic E-state index is -3.99. The van der Waals surface area contributed by atoms with Crippen LogP contribution in [0.3, 0.4) is 0 Å². The number of sulfonamides is 1. The summed E-state index contributed by atoms with van der Waals surface area (Å²) in [6.07, 6.45) is 1.15. The summed E-state index contributed by atoms with van der Waals surface area (Å²) in [4.78, 5) is 13.6. The molecule has 8 heteroatoms. The van der Waals surface area contributed by atoms with Crippen molar-refractivity contribution in [3.05, 3.63) is 83.9 Å². The number of benzene rings is 3. The third-order valence-corrected chi connectivity index (χ3v) is 8.04. The Balaban J connectivity index is 1.68. The van der Waals surface area contributed by atoms with Crippen LogP contribution in [0.4, 0.5) is 5.69 Å². The molecule has 0 spiro atoms. The van der Waals surface area contributed by atoms with Gasteiger partial charge < -0.3 is 14.8 Å². The number of rotatable bonds is 8. The molecule has 4 rings (SSSR count). The molecule has 3 aromatic carbocycles. The highest BCUT2D eigenvalue weighted by atomic mass is 32.2. The summed E-state index contributed by atoms with van der Waals surface area (Å²) in [6.45, 7) is 5.53. The summed E-state index contributed by atoms with van der Waals surface area (Å²) in [5.41, 5.74) is 1.62. The predicted molar refractivity (Wildman–Crippen MR) is 140 cm³/mol. The molecule has 1 amide bonds. The highest BCUT2D eigenvalue weighted by Crippen LogP contribution is 2.41. The van der Waals surface area contributed by atoms with Gasteiger partial charge in [-0.3, -0.25) is 9.10 Å². The van der Waals surface area contributed by atoms with E-state index in [1.165, 1.54) is 16.4 Å². The first kappa shape index (κ1) is 25.6. The Labute approximate surface area is 213 Å². The van der Waals surface area contributed by atoms with Gasteiger partial charge in [-0.1, -0.05) is 43.3 Å². The molecule has 1 aliphatic heterocycles. The average molecular weight is 509 g/mol. The maximum absolute atomic E-state index is 13.7. The van der Waals surface area contributed by atoms with Gasteiger partial charge >= 0.3 is 0 Å². The molecule has 1 unspecified atom stereocenters. The van der Waals surface area contributed by atoms with Gasteiger partial charge in [-0.25, -0.2) is 8.42 Å². The SMILES string of the molecule is CCc1ccccc1N(CC(=O)NC1CC(C)(C)Oc2ccc(OC)cc21)S(=O)(=O)c1ccccc1. The Hall–Kier alpha value is -3.52. The summed E-state index contributed by atoms with van der Waals surface area (Å²) >= 11 is 0. The van der Waals surface area contributed by atoms with E-state index in [1.807, 2.05) is 51.1 Å². The monoisotopic (exact) mass is 508 g/mol. The lowest BCUT2D eigenvalue weighted by Gasteiger charge is -2.38. The number of hydrogen-bond donors (Lipinski definition) is 1. The first-order chi connectivity index (χ1) is 17.1. The summed E-state index contributed by atoms with van der Waals surface area (Å²) in [5, 5.41) is 3.06. The van der Waals surface area contributed by atoms with Crippen molar-refractivity contribution in [1.82, 2.24) is 5.32 Å². The van der Waals surface area contributed by atoms with Crippen molar-refractivity contribution >= 4 is 21.6 Å². The van der Waals surface area contributed by atoms with Crippen molar-refractivity contribution in [2.24, 2.45) is 0 Å². The number of nitrogens with zero attached hydrogens (tertiary/aromatic N) is 1.